The van der Waals surface area contributed by atoms with Crippen LogP contribution >= 0.6 is 0 Å². The van der Waals surface area contributed by atoms with E-state index < -0.39 is 10.0 Å². The van der Waals surface area contributed by atoms with Crippen LogP contribution in [0.2, 0.25) is 0 Å². The first kappa shape index (κ1) is 19.9. The van der Waals surface area contributed by atoms with Crippen molar-refractivity contribution in [2.75, 3.05) is 25.2 Å². The molecule has 0 unspecified atom stereocenters. The Labute approximate surface area is 154 Å². The van der Waals surface area contributed by atoms with Crippen molar-refractivity contribution in [3.05, 3.63) is 59.7 Å². The number of ether oxygens (including phenoxy) is 1. The summed E-state index contributed by atoms with van der Waals surface area (Å²) in [5.41, 5.74) is 2.39. The number of hydrogen-bond acceptors (Lipinski definition) is 4. The molecule has 0 aromatic heterocycles. The summed E-state index contributed by atoms with van der Waals surface area (Å²) in [5.74, 6) is 0.198. The molecule has 0 heterocycles. The molecule has 1 N–H and O–H groups in total. The highest BCUT2D eigenvalue weighted by Crippen LogP contribution is 2.21. The topological polar surface area (TPSA) is 75.7 Å². The molecule has 2 rings (SSSR count). The molecule has 0 bridgehead atoms. The van der Waals surface area contributed by atoms with Gasteiger partial charge in [-0.1, -0.05) is 43.3 Å². The zero-order valence-electron chi connectivity index (χ0n) is 15.2. The highest BCUT2D eigenvalue weighted by atomic mass is 32.2. The summed E-state index contributed by atoms with van der Waals surface area (Å²) >= 11 is 0. The predicted octanol–water partition coefficient (Wildman–Crippen LogP) is 2.66. The van der Waals surface area contributed by atoms with Crippen LogP contribution in [0, 0.1) is 0 Å². The Morgan fingerprint density at radius 3 is 2.31 bits per heavy atom. The van der Waals surface area contributed by atoms with Crippen molar-refractivity contribution in [3.8, 4) is 5.75 Å². The number of nitrogens with zero attached hydrogens (tertiary/aromatic N) is 1. The van der Waals surface area contributed by atoms with Gasteiger partial charge in [-0.05, 0) is 24.1 Å². The first-order chi connectivity index (χ1) is 12.3. The van der Waals surface area contributed by atoms with Gasteiger partial charge in [-0.2, -0.15) is 4.31 Å². The van der Waals surface area contributed by atoms with Crippen LogP contribution in [0.15, 0.2) is 48.5 Å². The maximum Gasteiger partial charge on any atom is 0.239 e. The molecule has 0 aliphatic rings. The monoisotopic (exact) mass is 376 g/mol. The van der Waals surface area contributed by atoms with Crippen molar-refractivity contribution >= 4 is 21.6 Å². The number of sulfonamides is 1. The fourth-order valence-electron chi connectivity index (χ4n) is 2.61. The second-order valence-electron chi connectivity index (χ2n) is 5.90. The average molecular weight is 376 g/mol. The van der Waals surface area contributed by atoms with Crippen molar-refractivity contribution in [3.63, 3.8) is 0 Å². The molecule has 0 aliphatic heterocycles. The minimum Gasteiger partial charge on any atom is -0.496 e. The number of para-hydroxylation sites is 2. The standard InChI is InChI=1S/C19H24N2O4S/c1-4-15-9-5-7-11-17(15)20-19(22)14-21(26(3,23)24)13-16-10-6-8-12-18(16)25-2/h5-12H,4,13-14H2,1-3H3,(H,20,22). The van der Waals surface area contributed by atoms with Crippen LogP contribution in [0.25, 0.3) is 0 Å². The lowest BCUT2D eigenvalue weighted by atomic mass is 10.1. The lowest BCUT2D eigenvalue weighted by molar-refractivity contribution is -0.116. The van der Waals surface area contributed by atoms with Crippen molar-refractivity contribution in [2.45, 2.75) is 19.9 Å². The first-order valence-corrected chi connectivity index (χ1v) is 10.1. The minimum absolute atomic E-state index is 0.0612. The largest absolute Gasteiger partial charge is 0.496 e. The third-order valence-corrected chi connectivity index (χ3v) is 5.20. The number of methoxy groups -OCH3 is 1. The summed E-state index contributed by atoms with van der Waals surface area (Å²) < 4.78 is 30.7. The fraction of sp³-hybridized carbons (Fsp3) is 0.316. The van der Waals surface area contributed by atoms with Crippen molar-refractivity contribution in [1.82, 2.24) is 4.31 Å². The van der Waals surface area contributed by atoms with Gasteiger partial charge in [-0.25, -0.2) is 8.42 Å². The normalized spacial score (nSPS) is 11.4. The number of rotatable bonds is 8. The van der Waals surface area contributed by atoms with Crippen molar-refractivity contribution in [1.29, 1.82) is 0 Å². The smallest absolute Gasteiger partial charge is 0.239 e. The Morgan fingerprint density at radius 1 is 1.08 bits per heavy atom. The van der Waals surface area contributed by atoms with Gasteiger partial charge in [0, 0.05) is 17.8 Å². The number of amides is 1. The van der Waals surface area contributed by atoms with Gasteiger partial charge in [-0.3, -0.25) is 4.79 Å². The Kier molecular flexibility index (Phi) is 6.76. The van der Waals surface area contributed by atoms with E-state index in [1.807, 2.05) is 37.3 Å². The van der Waals surface area contributed by atoms with Gasteiger partial charge < -0.3 is 10.1 Å². The summed E-state index contributed by atoms with van der Waals surface area (Å²) in [5, 5.41) is 2.80. The van der Waals surface area contributed by atoms with Crippen LogP contribution in [-0.4, -0.2) is 38.5 Å². The van der Waals surface area contributed by atoms with E-state index in [0.29, 0.717) is 17.0 Å². The van der Waals surface area contributed by atoms with Gasteiger partial charge in [0.2, 0.25) is 15.9 Å². The Hall–Kier alpha value is -2.38. The molecule has 0 atom stereocenters. The Balaban J connectivity index is 2.17. The van der Waals surface area contributed by atoms with Crippen LogP contribution in [-0.2, 0) is 27.8 Å². The van der Waals surface area contributed by atoms with E-state index >= 15 is 0 Å². The maximum atomic E-state index is 12.4. The van der Waals surface area contributed by atoms with Crippen molar-refractivity contribution < 1.29 is 17.9 Å². The summed E-state index contributed by atoms with van der Waals surface area (Å²) in [4.78, 5) is 12.4. The molecule has 0 aliphatic carbocycles. The van der Waals surface area contributed by atoms with E-state index in [9.17, 15) is 13.2 Å². The molecule has 2 aromatic carbocycles. The number of carbonyl (C=O) groups is 1. The molecule has 140 valence electrons. The van der Waals surface area contributed by atoms with Gasteiger partial charge in [0.1, 0.15) is 5.75 Å². The van der Waals surface area contributed by atoms with Crippen LogP contribution in [0.4, 0.5) is 5.69 Å². The lowest BCUT2D eigenvalue weighted by Gasteiger charge is -2.21. The summed E-state index contributed by atoms with van der Waals surface area (Å²) in [7, 11) is -2.05. The molecule has 0 saturated heterocycles. The molecular formula is C19H24N2O4S. The van der Waals surface area contributed by atoms with Crippen molar-refractivity contribution in [2.24, 2.45) is 0 Å². The third-order valence-electron chi connectivity index (χ3n) is 4.00. The number of hydrogen-bond donors (Lipinski definition) is 1. The predicted molar refractivity (Wildman–Crippen MR) is 103 cm³/mol. The molecule has 1 amide bonds. The zero-order chi connectivity index (χ0) is 19.2. The van der Waals surface area contributed by atoms with Crippen LogP contribution < -0.4 is 10.1 Å². The molecular weight excluding hydrogens is 352 g/mol. The molecule has 26 heavy (non-hydrogen) atoms. The number of carbonyl (C=O) groups excluding carboxylic acids is 1. The second kappa shape index (κ2) is 8.82. The van der Waals surface area contributed by atoms with Crippen LogP contribution in [0.3, 0.4) is 0 Å². The minimum atomic E-state index is -3.57. The highest BCUT2D eigenvalue weighted by Gasteiger charge is 2.22. The number of benzene rings is 2. The summed E-state index contributed by atoms with van der Waals surface area (Å²) in [6, 6.07) is 14.6. The third kappa shape index (κ3) is 5.31. The molecule has 0 fully saturated rings. The molecule has 6 nitrogen and oxygen atoms in total. The molecule has 0 radical (unpaired) electrons. The summed E-state index contributed by atoms with van der Waals surface area (Å²) in [6.07, 6.45) is 1.86. The van der Waals surface area contributed by atoms with Gasteiger partial charge in [0.05, 0.1) is 19.9 Å². The fourth-order valence-corrected chi connectivity index (χ4v) is 3.34. The van der Waals surface area contributed by atoms with E-state index in [1.54, 1.807) is 18.2 Å². The van der Waals surface area contributed by atoms with Crippen LogP contribution in [0.1, 0.15) is 18.1 Å². The van der Waals surface area contributed by atoms with E-state index in [0.717, 1.165) is 22.5 Å². The summed E-state index contributed by atoms with van der Waals surface area (Å²) in [6.45, 7) is 1.79. The zero-order valence-corrected chi connectivity index (χ0v) is 16.0. The Bertz CT molecular complexity index is 865. The molecule has 0 saturated carbocycles. The maximum absolute atomic E-state index is 12.4. The number of nitrogens with one attached hydrogen (secondary N) is 1. The molecule has 0 spiro atoms. The Morgan fingerprint density at radius 2 is 1.69 bits per heavy atom. The molecule has 7 heteroatoms. The SMILES string of the molecule is CCc1ccccc1NC(=O)CN(Cc1ccccc1OC)S(C)(=O)=O. The van der Waals surface area contributed by atoms with Crippen LogP contribution in [0.5, 0.6) is 5.75 Å². The van der Waals surface area contributed by atoms with Gasteiger partial charge >= 0.3 is 0 Å². The first-order valence-electron chi connectivity index (χ1n) is 8.30. The van der Waals surface area contributed by atoms with Gasteiger partial charge in [0.15, 0.2) is 0 Å². The van der Waals surface area contributed by atoms with E-state index in [2.05, 4.69) is 5.32 Å². The number of anilines is 1. The number of aryl methyl sites for hydroxylation is 1. The highest BCUT2D eigenvalue weighted by molar-refractivity contribution is 7.88. The average Bonchev–Trinajstić information content (AvgIpc) is 2.61. The van der Waals surface area contributed by atoms with Gasteiger partial charge in [0.25, 0.3) is 0 Å². The van der Waals surface area contributed by atoms with E-state index in [1.165, 1.54) is 7.11 Å². The van der Waals surface area contributed by atoms with E-state index in [4.69, 9.17) is 4.74 Å². The quantitative estimate of drug-likeness (QED) is 0.768. The second-order valence-corrected chi connectivity index (χ2v) is 7.88. The van der Waals surface area contributed by atoms with Gasteiger partial charge in [-0.15, -0.1) is 0 Å². The van der Waals surface area contributed by atoms with E-state index in [-0.39, 0.29) is 19.0 Å². The molecule has 2 aromatic rings. The lowest BCUT2D eigenvalue weighted by Crippen LogP contribution is -2.37.